The van der Waals surface area contributed by atoms with Crippen molar-refractivity contribution in [2.24, 2.45) is 4.99 Å². The third-order valence-electron chi connectivity index (χ3n) is 4.61. The van der Waals surface area contributed by atoms with Gasteiger partial charge in [-0.15, -0.1) is 0 Å². The molecule has 1 aliphatic carbocycles. The van der Waals surface area contributed by atoms with E-state index in [-0.39, 0.29) is 18.1 Å². The molecule has 1 heterocycles. The van der Waals surface area contributed by atoms with Crippen molar-refractivity contribution in [3.63, 3.8) is 0 Å². The molecule has 4 nitrogen and oxygen atoms in total. The largest absolute Gasteiger partial charge is 0.461 e. The molecule has 0 saturated heterocycles. The number of carbonyl (C=O) groups is 1. The summed E-state index contributed by atoms with van der Waals surface area (Å²) in [6, 6.07) is 6.73. The van der Waals surface area contributed by atoms with Gasteiger partial charge in [-0.2, -0.15) is 0 Å². The lowest BCUT2D eigenvalue weighted by Crippen LogP contribution is -2.09. The van der Waals surface area contributed by atoms with Gasteiger partial charge >= 0.3 is 5.97 Å². The van der Waals surface area contributed by atoms with Crippen molar-refractivity contribution in [1.29, 1.82) is 0 Å². The molecule has 0 amide bonds. The number of aromatic nitrogens is 1. The van der Waals surface area contributed by atoms with Gasteiger partial charge in [0.1, 0.15) is 5.82 Å². The summed E-state index contributed by atoms with van der Waals surface area (Å²) in [6.45, 7) is 5.93. The standard InChI is InChI=1S/C21H22BrFN2O2/c1-4-18(15-9-8-14(22)10-17(15)23)24-20-12(3)16(13-6-7-13)11-19(25-20)21(26)27-5-2/h8-11,13H,4-7H2,1-3H3. The summed E-state index contributed by atoms with van der Waals surface area (Å²) in [7, 11) is 0. The number of carbonyl (C=O) groups excluding carboxylic acids is 1. The third kappa shape index (κ3) is 4.43. The average Bonchev–Trinajstić information content (AvgIpc) is 3.46. The van der Waals surface area contributed by atoms with Gasteiger partial charge in [0.15, 0.2) is 11.5 Å². The molecule has 1 aromatic heterocycles. The SMILES string of the molecule is CCOC(=O)c1cc(C2CC2)c(C)c(N=C(CC)c2ccc(Br)cc2F)n1. The fraction of sp³-hybridized carbons (Fsp3) is 0.381. The molecule has 0 unspecified atom stereocenters. The average molecular weight is 433 g/mol. The molecule has 27 heavy (non-hydrogen) atoms. The van der Waals surface area contributed by atoms with E-state index in [4.69, 9.17) is 4.74 Å². The van der Waals surface area contributed by atoms with Crippen LogP contribution in [0.4, 0.5) is 10.2 Å². The summed E-state index contributed by atoms with van der Waals surface area (Å²) in [5.41, 5.74) is 3.32. The molecule has 2 aromatic rings. The van der Waals surface area contributed by atoms with Crippen molar-refractivity contribution >= 4 is 33.4 Å². The minimum absolute atomic E-state index is 0.259. The first-order chi connectivity index (χ1) is 12.9. The van der Waals surface area contributed by atoms with Crippen molar-refractivity contribution in [1.82, 2.24) is 4.98 Å². The number of benzene rings is 1. The van der Waals surface area contributed by atoms with Crippen LogP contribution in [0.15, 0.2) is 33.7 Å². The van der Waals surface area contributed by atoms with Gasteiger partial charge < -0.3 is 4.74 Å². The van der Waals surface area contributed by atoms with Crippen LogP contribution in [0.25, 0.3) is 0 Å². The molecule has 1 aliphatic rings. The van der Waals surface area contributed by atoms with E-state index in [1.54, 1.807) is 19.1 Å². The number of nitrogens with zero attached hydrogens (tertiary/aromatic N) is 2. The van der Waals surface area contributed by atoms with Crippen LogP contribution < -0.4 is 0 Å². The zero-order valence-electron chi connectivity index (χ0n) is 15.7. The summed E-state index contributed by atoms with van der Waals surface area (Å²) >= 11 is 3.27. The second kappa shape index (κ2) is 8.30. The minimum atomic E-state index is -0.455. The Morgan fingerprint density at radius 1 is 1.33 bits per heavy atom. The molecule has 0 radical (unpaired) electrons. The lowest BCUT2D eigenvalue weighted by molar-refractivity contribution is 0.0519. The number of hydrogen-bond donors (Lipinski definition) is 0. The van der Waals surface area contributed by atoms with E-state index in [0.29, 0.717) is 33.9 Å². The van der Waals surface area contributed by atoms with Gasteiger partial charge in [0.05, 0.1) is 12.3 Å². The molecule has 0 spiro atoms. The van der Waals surface area contributed by atoms with Gasteiger partial charge in [-0.25, -0.2) is 19.2 Å². The molecular formula is C21H22BrFN2O2. The van der Waals surface area contributed by atoms with Gasteiger partial charge in [-0.05, 0) is 74.4 Å². The van der Waals surface area contributed by atoms with E-state index in [1.165, 1.54) is 6.07 Å². The van der Waals surface area contributed by atoms with Gasteiger partial charge in [0, 0.05) is 10.0 Å². The van der Waals surface area contributed by atoms with Crippen molar-refractivity contribution < 1.29 is 13.9 Å². The van der Waals surface area contributed by atoms with Crippen LogP contribution in [-0.2, 0) is 4.74 Å². The number of ether oxygens (including phenoxy) is 1. The molecule has 3 rings (SSSR count). The second-order valence-electron chi connectivity index (χ2n) is 6.58. The topological polar surface area (TPSA) is 51.5 Å². The van der Waals surface area contributed by atoms with Gasteiger partial charge in [0.25, 0.3) is 0 Å². The number of rotatable bonds is 6. The summed E-state index contributed by atoms with van der Waals surface area (Å²) in [6.07, 6.45) is 2.73. The van der Waals surface area contributed by atoms with E-state index in [1.807, 2.05) is 19.9 Å². The Hall–Kier alpha value is -2.08. The predicted octanol–water partition coefficient (Wildman–Crippen LogP) is 5.88. The Kier molecular flexibility index (Phi) is 6.05. The molecule has 142 valence electrons. The number of pyridine rings is 1. The molecule has 0 N–H and O–H groups in total. The smallest absolute Gasteiger partial charge is 0.357 e. The van der Waals surface area contributed by atoms with Gasteiger partial charge in [0.2, 0.25) is 0 Å². The first kappa shape index (κ1) is 19.7. The zero-order valence-corrected chi connectivity index (χ0v) is 17.3. The third-order valence-corrected chi connectivity index (χ3v) is 5.10. The first-order valence-electron chi connectivity index (χ1n) is 9.16. The summed E-state index contributed by atoms with van der Waals surface area (Å²) < 4.78 is 20.2. The zero-order chi connectivity index (χ0) is 19.6. The van der Waals surface area contributed by atoms with Crippen LogP contribution in [0.2, 0.25) is 0 Å². The van der Waals surface area contributed by atoms with Crippen LogP contribution in [0.5, 0.6) is 0 Å². The van der Waals surface area contributed by atoms with E-state index in [9.17, 15) is 9.18 Å². The fourth-order valence-corrected chi connectivity index (χ4v) is 3.37. The lowest BCUT2D eigenvalue weighted by atomic mass is 10.0. The lowest BCUT2D eigenvalue weighted by Gasteiger charge is -2.12. The summed E-state index contributed by atoms with van der Waals surface area (Å²) in [4.78, 5) is 21.3. The minimum Gasteiger partial charge on any atom is -0.461 e. The number of halogens is 2. The Morgan fingerprint density at radius 2 is 2.07 bits per heavy atom. The highest BCUT2D eigenvalue weighted by Crippen LogP contribution is 2.43. The second-order valence-corrected chi connectivity index (χ2v) is 7.49. The van der Waals surface area contributed by atoms with Crippen molar-refractivity contribution in [3.8, 4) is 0 Å². The fourth-order valence-electron chi connectivity index (χ4n) is 3.03. The molecule has 0 bridgehead atoms. The van der Waals surface area contributed by atoms with Crippen molar-refractivity contribution in [3.05, 3.63) is 56.9 Å². The quantitative estimate of drug-likeness (QED) is 0.423. The van der Waals surface area contributed by atoms with Crippen molar-refractivity contribution in [2.45, 2.75) is 46.0 Å². The Bertz CT molecular complexity index is 907. The van der Waals surface area contributed by atoms with Gasteiger partial charge in [-0.1, -0.05) is 22.9 Å². The van der Waals surface area contributed by atoms with Crippen LogP contribution in [0.1, 0.15) is 66.2 Å². The maximum atomic E-state index is 14.4. The highest BCUT2D eigenvalue weighted by Gasteiger charge is 2.28. The molecule has 1 saturated carbocycles. The number of hydrogen-bond acceptors (Lipinski definition) is 4. The normalized spacial score (nSPS) is 14.3. The molecule has 1 aromatic carbocycles. The molecular weight excluding hydrogens is 411 g/mol. The van der Waals surface area contributed by atoms with Crippen LogP contribution in [0, 0.1) is 12.7 Å². The van der Waals surface area contributed by atoms with E-state index < -0.39 is 5.97 Å². The van der Waals surface area contributed by atoms with Gasteiger partial charge in [-0.3, -0.25) is 0 Å². The highest BCUT2D eigenvalue weighted by molar-refractivity contribution is 9.10. The molecule has 6 heteroatoms. The Morgan fingerprint density at radius 3 is 2.67 bits per heavy atom. The van der Waals surface area contributed by atoms with E-state index in [0.717, 1.165) is 24.0 Å². The summed E-state index contributed by atoms with van der Waals surface area (Å²) in [5, 5.41) is 0. The van der Waals surface area contributed by atoms with E-state index >= 15 is 0 Å². The predicted molar refractivity (Wildman–Crippen MR) is 107 cm³/mol. The summed E-state index contributed by atoms with van der Waals surface area (Å²) in [5.74, 6) is 0.0987. The molecule has 0 aliphatic heterocycles. The Balaban J connectivity index is 2.10. The molecule has 1 fully saturated rings. The maximum Gasteiger partial charge on any atom is 0.357 e. The Labute approximate surface area is 167 Å². The van der Waals surface area contributed by atoms with Crippen LogP contribution in [-0.4, -0.2) is 23.3 Å². The first-order valence-corrected chi connectivity index (χ1v) is 9.95. The maximum absolute atomic E-state index is 14.4. The monoisotopic (exact) mass is 432 g/mol. The van der Waals surface area contributed by atoms with Crippen LogP contribution in [0.3, 0.4) is 0 Å². The molecule has 0 atom stereocenters. The number of esters is 1. The van der Waals surface area contributed by atoms with Crippen LogP contribution >= 0.6 is 15.9 Å². The highest BCUT2D eigenvalue weighted by atomic mass is 79.9. The van der Waals surface area contributed by atoms with Crippen molar-refractivity contribution in [2.75, 3.05) is 6.61 Å². The van der Waals surface area contributed by atoms with E-state index in [2.05, 4.69) is 25.9 Å². The number of aliphatic imine (C=N–C) groups is 1.